The van der Waals surface area contributed by atoms with E-state index >= 15 is 0 Å². The predicted octanol–water partition coefficient (Wildman–Crippen LogP) is 3.00. The highest BCUT2D eigenvalue weighted by atomic mass is 79.9. The highest BCUT2D eigenvalue weighted by Crippen LogP contribution is 2.56. The van der Waals surface area contributed by atoms with Crippen LogP contribution in [0.3, 0.4) is 0 Å². The van der Waals surface area contributed by atoms with Crippen molar-refractivity contribution in [2.75, 3.05) is 6.16 Å². The lowest BCUT2D eigenvalue weighted by Gasteiger charge is -2.28. The molecule has 0 saturated heterocycles. The van der Waals surface area contributed by atoms with Gasteiger partial charge in [0.05, 0.1) is 11.1 Å². The first-order chi connectivity index (χ1) is 15.6. The molecular weight excluding hydrogens is 493 g/mol. The van der Waals surface area contributed by atoms with Crippen LogP contribution in [0.2, 0.25) is 0 Å². The first-order valence-corrected chi connectivity index (χ1v) is 12.5. The fraction of sp³-hybridized carbons (Fsp3) is 0.0714. The summed E-state index contributed by atoms with van der Waals surface area (Å²) in [6.07, 6.45) is 3.04. The van der Waals surface area contributed by atoms with Gasteiger partial charge in [0.2, 0.25) is 0 Å². The lowest BCUT2D eigenvalue weighted by Crippen LogP contribution is -3.00. The number of hydrogen-bond acceptors (Lipinski definition) is 2. The average Bonchev–Trinajstić information content (AvgIpc) is 2.84. The van der Waals surface area contributed by atoms with Crippen LogP contribution in [0.5, 0.6) is 0 Å². The van der Waals surface area contributed by atoms with E-state index in [0.717, 1.165) is 11.7 Å². The molecule has 0 fully saturated rings. The molecule has 33 heavy (non-hydrogen) atoms. The third-order valence-electron chi connectivity index (χ3n) is 5.59. The Morgan fingerprint density at radius 1 is 0.727 bits per heavy atom. The SMILES string of the molecule is CC(=Cc1ccc([N+](=O)[O-])cc1)C[P+](c1ccccc1)(c1ccccc1)c1ccccc1.[Br-]. The zero-order valence-corrected chi connectivity index (χ0v) is 20.8. The number of non-ortho nitro benzene ring substituents is 1. The Morgan fingerprint density at radius 2 is 1.12 bits per heavy atom. The van der Waals surface area contributed by atoms with Crippen LogP contribution in [0.25, 0.3) is 6.08 Å². The third-order valence-corrected chi connectivity index (χ3v) is 10.1. The predicted molar refractivity (Wildman–Crippen MR) is 137 cm³/mol. The van der Waals surface area contributed by atoms with Crippen molar-refractivity contribution < 1.29 is 21.9 Å². The molecule has 0 unspecified atom stereocenters. The molecular formula is C28H25BrNO2P. The number of nitrogens with zero attached hydrogens (tertiary/aromatic N) is 1. The number of benzene rings is 4. The Kier molecular flexibility index (Phi) is 8.32. The Morgan fingerprint density at radius 3 is 1.48 bits per heavy atom. The van der Waals surface area contributed by atoms with Gasteiger partial charge in [0, 0.05) is 12.1 Å². The minimum absolute atomic E-state index is 0. The van der Waals surface area contributed by atoms with Crippen molar-refractivity contribution in [3.8, 4) is 0 Å². The highest BCUT2D eigenvalue weighted by Gasteiger charge is 2.45. The molecule has 0 aliphatic rings. The highest BCUT2D eigenvalue weighted by molar-refractivity contribution is 7.95. The van der Waals surface area contributed by atoms with E-state index in [4.69, 9.17) is 0 Å². The molecule has 4 aromatic rings. The summed E-state index contributed by atoms with van der Waals surface area (Å²) in [6, 6.07) is 39.1. The van der Waals surface area contributed by atoms with E-state index in [9.17, 15) is 10.1 Å². The molecule has 0 aliphatic carbocycles. The molecule has 0 radical (unpaired) electrons. The van der Waals surface area contributed by atoms with Crippen LogP contribution in [0.1, 0.15) is 12.5 Å². The molecule has 4 aromatic carbocycles. The summed E-state index contributed by atoms with van der Waals surface area (Å²) in [5, 5.41) is 15.0. The van der Waals surface area contributed by atoms with Gasteiger partial charge in [0.1, 0.15) is 23.2 Å². The van der Waals surface area contributed by atoms with Crippen LogP contribution in [0.4, 0.5) is 5.69 Å². The van der Waals surface area contributed by atoms with Crippen molar-refractivity contribution in [2.45, 2.75) is 6.92 Å². The average molecular weight is 518 g/mol. The van der Waals surface area contributed by atoms with Crippen LogP contribution in [0.15, 0.2) is 121 Å². The zero-order valence-electron chi connectivity index (χ0n) is 18.3. The van der Waals surface area contributed by atoms with Crippen LogP contribution in [0, 0.1) is 10.1 Å². The van der Waals surface area contributed by atoms with Gasteiger partial charge in [-0.2, -0.15) is 0 Å². The topological polar surface area (TPSA) is 43.1 Å². The maximum atomic E-state index is 11.0. The van der Waals surface area contributed by atoms with Crippen LogP contribution >= 0.6 is 7.26 Å². The summed E-state index contributed by atoms with van der Waals surface area (Å²) in [6.45, 7) is 2.16. The molecule has 3 nitrogen and oxygen atoms in total. The Hall–Kier alpha value is -3.07. The van der Waals surface area contributed by atoms with Gasteiger partial charge in [-0.25, -0.2) is 0 Å². The maximum absolute atomic E-state index is 11.0. The van der Waals surface area contributed by atoms with Gasteiger partial charge in [-0.1, -0.05) is 60.7 Å². The van der Waals surface area contributed by atoms with Gasteiger partial charge < -0.3 is 17.0 Å². The Bertz CT molecular complexity index is 1110. The fourth-order valence-electron chi connectivity index (χ4n) is 4.17. The Labute approximate surface area is 206 Å². The summed E-state index contributed by atoms with van der Waals surface area (Å²) in [4.78, 5) is 10.6. The summed E-state index contributed by atoms with van der Waals surface area (Å²) < 4.78 is 0. The summed E-state index contributed by atoms with van der Waals surface area (Å²) in [7, 11) is -1.95. The van der Waals surface area contributed by atoms with E-state index in [2.05, 4.69) is 104 Å². The Balaban J connectivity index is 0.00000306. The van der Waals surface area contributed by atoms with E-state index in [1.807, 2.05) is 12.1 Å². The van der Waals surface area contributed by atoms with E-state index < -0.39 is 7.26 Å². The number of allylic oxidation sites excluding steroid dienone is 1. The summed E-state index contributed by atoms with van der Waals surface area (Å²) in [5.41, 5.74) is 2.32. The van der Waals surface area contributed by atoms with Crippen LogP contribution < -0.4 is 32.9 Å². The van der Waals surface area contributed by atoms with Gasteiger partial charge in [0.25, 0.3) is 5.69 Å². The van der Waals surface area contributed by atoms with Crippen molar-refractivity contribution in [1.29, 1.82) is 0 Å². The van der Waals surface area contributed by atoms with E-state index in [-0.39, 0.29) is 27.6 Å². The number of nitro groups is 1. The second-order valence-corrected chi connectivity index (χ2v) is 11.3. The smallest absolute Gasteiger partial charge is 0.269 e. The van der Waals surface area contributed by atoms with E-state index in [1.165, 1.54) is 21.5 Å². The van der Waals surface area contributed by atoms with Gasteiger partial charge in [-0.05, 0) is 66.6 Å². The molecule has 166 valence electrons. The number of rotatable bonds is 7. The van der Waals surface area contributed by atoms with Gasteiger partial charge in [-0.15, -0.1) is 0 Å². The molecule has 0 saturated carbocycles. The molecule has 0 aliphatic heterocycles. The molecule has 0 aromatic heterocycles. The first kappa shape index (κ1) is 24.6. The second-order valence-electron chi connectivity index (χ2n) is 7.81. The normalized spacial score (nSPS) is 11.5. The van der Waals surface area contributed by atoms with Gasteiger partial charge in [-0.3, -0.25) is 10.1 Å². The maximum Gasteiger partial charge on any atom is 0.269 e. The van der Waals surface area contributed by atoms with Crippen molar-refractivity contribution in [3.05, 3.63) is 137 Å². The monoisotopic (exact) mass is 517 g/mol. The molecule has 0 heterocycles. The molecule has 5 heteroatoms. The number of halogens is 1. The first-order valence-electron chi connectivity index (χ1n) is 10.6. The van der Waals surface area contributed by atoms with Crippen LogP contribution in [-0.4, -0.2) is 11.1 Å². The summed E-state index contributed by atoms with van der Waals surface area (Å²) >= 11 is 0. The molecule has 4 rings (SSSR count). The third kappa shape index (κ3) is 5.47. The fourth-order valence-corrected chi connectivity index (χ4v) is 8.49. The largest absolute Gasteiger partial charge is 1.00 e. The second kappa shape index (κ2) is 11.2. The number of hydrogen-bond donors (Lipinski definition) is 0. The van der Waals surface area contributed by atoms with E-state index in [0.29, 0.717) is 0 Å². The molecule has 0 bridgehead atoms. The lowest BCUT2D eigenvalue weighted by atomic mass is 10.1. The minimum atomic E-state index is -1.95. The quantitative estimate of drug-likeness (QED) is 0.215. The molecule has 0 spiro atoms. The van der Waals surface area contributed by atoms with E-state index in [1.54, 1.807) is 12.1 Å². The van der Waals surface area contributed by atoms with Crippen molar-refractivity contribution in [2.24, 2.45) is 0 Å². The number of nitro benzene ring substituents is 1. The zero-order chi connectivity index (χ0) is 22.4. The summed E-state index contributed by atoms with van der Waals surface area (Å²) in [5.74, 6) is 0. The van der Waals surface area contributed by atoms with Crippen molar-refractivity contribution in [1.82, 2.24) is 0 Å². The molecule has 0 amide bonds. The van der Waals surface area contributed by atoms with Crippen LogP contribution in [-0.2, 0) is 0 Å². The van der Waals surface area contributed by atoms with Crippen molar-refractivity contribution >= 4 is 34.9 Å². The lowest BCUT2D eigenvalue weighted by molar-refractivity contribution is -0.384. The molecule has 0 atom stereocenters. The van der Waals surface area contributed by atoms with Gasteiger partial charge >= 0.3 is 0 Å². The molecule has 0 N–H and O–H groups in total. The standard InChI is InChI=1S/C28H25NO2P.BrH/c1-23(21-24-17-19-25(20-18-24)29(30)31)22-32(26-11-5-2-6-12-26,27-13-7-3-8-14-27)28-15-9-4-10-16-28;/h2-21H,22H2,1H3;1H/q+1;/p-1. The van der Waals surface area contributed by atoms with Gasteiger partial charge in [0.15, 0.2) is 0 Å². The minimum Gasteiger partial charge on any atom is -1.00 e. The van der Waals surface area contributed by atoms with Crippen molar-refractivity contribution in [3.63, 3.8) is 0 Å².